The van der Waals surface area contributed by atoms with E-state index in [0.29, 0.717) is 48.8 Å². The number of hydrogen-bond acceptors (Lipinski definition) is 6. The van der Waals surface area contributed by atoms with E-state index in [1.54, 1.807) is 18.7 Å². The SMILES string of the molecule is Cc1noc(C)c1C(=O)N1CCN(c2ncnc(-c3ccccc3)c2F)CC1. The van der Waals surface area contributed by atoms with Gasteiger partial charge in [0.25, 0.3) is 5.91 Å². The van der Waals surface area contributed by atoms with Gasteiger partial charge in [-0.05, 0) is 13.8 Å². The lowest BCUT2D eigenvalue weighted by molar-refractivity contribution is 0.0744. The number of aromatic nitrogens is 3. The lowest BCUT2D eigenvalue weighted by atomic mass is 10.1. The average molecular weight is 381 g/mol. The second kappa shape index (κ2) is 7.38. The van der Waals surface area contributed by atoms with Crippen molar-refractivity contribution < 1.29 is 13.7 Å². The number of carbonyl (C=O) groups excluding carboxylic acids is 1. The zero-order valence-corrected chi connectivity index (χ0v) is 15.7. The van der Waals surface area contributed by atoms with Crippen molar-refractivity contribution in [2.24, 2.45) is 0 Å². The Hall–Kier alpha value is -3.29. The number of amides is 1. The lowest BCUT2D eigenvalue weighted by Gasteiger charge is -2.35. The predicted molar refractivity (Wildman–Crippen MR) is 102 cm³/mol. The largest absolute Gasteiger partial charge is 0.361 e. The molecule has 0 N–H and O–H groups in total. The minimum Gasteiger partial charge on any atom is -0.361 e. The molecule has 1 aliphatic rings. The molecule has 1 amide bonds. The first-order chi connectivity index (χ1) is 13.6. The van der Waals surface area contributed by atoms with Crippen molar-refractivity contribution in [1.82, 2.24) is 20.0 Å². The highest BCUT2D eigenvalue weighted by molar-refractivity contribution is 5.96. The molecule has 0 radical (unpaired) electrons. The number of piperazine rings is 1. The molecule has 0 bridgehead atoms. The highest BCUT2D eigenvalue weighted by Crippen LogP contribution is 2.27. The van der Waals surface area contributed by atoms with Gasteiger partial charge in [-0.3, -0.25) is 4.79 Å². The normalized spacial score (nSPS) is 14.4. The smallest absolute Gasteiger partial charge is 0.259 e. The van der Waals surface area contributed by atoms with Gasteiger partial charge in [0.2, 0.25) is 0 Å². The fourth-order valence-corrected chi connectivity index (χ4v) is 3.45. The average Bonchev–Trinajstić information content (AvgIpc) is 3.06. The van der Waals surface area contributed by atoms with Crippen LogP contribution in [0.5, 0.6) is 0 Å². The van der Waals surface area contributed by atoms with Gasteiger partial charge in [0.15, 0.2) is 11.6 Å². The maximum atomic E-state index is 15.1. The molecule has 0 aliphatic carbocycles. The Morgan fingerprint density at radius 3 is 2.43 bits per heavy atom. The maximum absolute atomic E-state index is 15.1. The highest BCUT2D eigenvalue weighted by Gasteiger charge is 2.28. The molecule has 1 aromatic carbocycles. The Morgan fingerprint density at radius 2 is 1.79 bits per heavy atom. The van der Waals surface area contributed by atoms with Crippen LogP contribution in [-0.2, 0) is 0 Å². The number of halogens is 1. The standard InChI is InChI=1S/C20H20FN5O2/c1-13-16(14(2)28-24-13)20(27)26-10-8-25(9-11-26)19-17(21)18(22-12-23-19)15-6-4-3-5-7-15/h3-7,12H,8-11H2,1-2H3. The second-order valence-electron chi connectivity index (χ2n) is 6.70. The summed E-state index contributed by atoms with van der Waals surface area (Å²) in [5.41, 5.74) is 2.07. The van der Waals surface area contributed by atoms with Crippen LogP contribution < -0.4 is 4.90 Å². The van der Waals surface area contributed by atoms with Crippen LogP contribution in [0.15, 0.2) is 41.2 Å². The summed E-state index contributed by atoms with van der Waals surface area (Å²) in [4.78, 5) is 24.6. The summed E-state index contributed by atoms with van der Waals surface area (Å²) < 4.78 is 20.2. The number of nitrogens with zero attached hydrogens (tertiary/aromatic N) is 5. The summed E-state index contributed by atoms with van der Waals surface area (Å²) in [6, 6.07) is 9.19. The van der Waals surface area contributed by atoms with Crippen LogP contribution in [0, 0.1) is 19.7 Å². The molecule has 3 heterocycles. The summed E-state index contributed by atoms with van der Waals surface area (Å²) >= 11 is 0. The van der Waals surface area contributed by atoms with Crippen molar-refractivity contribution in [1.29, 1.82) is 0 Å². The van der Waals surface area contributed by atoms with Crippen LogP contribution in [0.3, 0.4) is 0 Å². The Labute approximate surface area is 161 Å². The number of aryl methyl sites for hydroxylation is 2. The molecule has 0 unspecified atom stereocenters. The van der Waals surface area contributed by atoms with Gasteiger partial charge < -0.3 is 14.3 Å². The molecule has 0 atom stereocenters. The third-order valence-corrected chi connectivity index (χ3v) is 4.93. The van der Waals surface area contributed by atoms with Gasteiger partial charge in [0.1, 0.15) is 23.3 Å². The van der Waals surface area contributed by atoms with Gasteiger partial charge in [0, 0.05) is 31.7 Å². The first-order valence-electron chi connectivity index (χ1n) is 9.09. The molecule has 8 heteroatoms. The van der Waals surface area contributed by atoms with Gasteiger partial charge in [-0.15, -0.1) is 0 Å². The lowest BCUT2D eigenvalue weighted by Crippen LogP contribution is -2.49. The minimum absolute atomic E-state index is 0.107. The van der Waals surface area contributed by atoms with Crippen molar-refractivity contribution in [3.05, 3.63) is 59.5 Å². The fourth-order valence-electron chi connectivity index (χ4n) is 3.45. The summed E-state index contributed by atoms with van der Waals surface area (Å²) in [6.07, 6.45) is 1.38. The van der Waals surface area contributed by atoms with E-state index in [4.69, 9.17) is 4.52 Å². The summed E-state index contributed by atoms with van der Waals surface area (Å²) in [6.45, 7) is 5.38. The summed E-state index contributed by atoms with van der Waals surface area (Å²) in [5.74, 6) is 0.223. The van der Waals surface area contributed by atoms with Crippen LogP contribution in [0.1, 0.15) is 21.8 Å². The molecule has 2 aromatic heterocycles. The van der Waals surface area contributed by atoms with Crippen molar-refractivity contribution in [3.8, 4) is 11.3 Å². The monoisotopic (exact) mass is 381 g/mol. The van der Waals surface area contributed by atoms with E-state index < -0.39 is 5.82 Å². The summed E-state index contributed by atoms with van der Waals surface area (Å²) in [5, 5.41) is 3.85. The van der Waals surface area contributed by atoms with E-state index in [9.17, 15) is 4.79 Å². The van der Waals surface area contributed by atoms with E-state index >= 15 is 4.39 Å². The van der Waals surface area contributed by atoms with E-state index in [1.807, 2.05) is 35.2 Å². The van der Waals surface area contributed by atoms with E-state index in [2.05, 4.69) is 15.1 Å². The number of carbonyl (C=O) groups is 1. The quantitative estimate of drug-likeness (QED) is 0.694. The van der Waals surface area contributed by atoms with E-state index in [1.165, 1.54) is 6.33 Å². The molecule has 3 aromatic rings. The summed E-state index contributed by atoms with van der Waals surface area (Å²) in [7, 11) is 0. The van der Waals surface area contributed by atoms with Gasteiger partial charge in [-0.2, -0.15) is 0 Å². The van der Waals surface area contributed by atoms with E-state index in [-0.39, 0.29) is 17.4 Å². The van der Waals surface area contributed by atoms with Gasteiger partial charge in [-0.1, -0.05) is 35.5 Å². The maximum Gasteiger partial charge on any atom is 0.259 e. The zero-order chi connectivity index (χ0) is 19.7. The van der Waals surface area contributed by atoms with Gasteiger partial charge in [-0.25, -0.2) is 14.4 Å². The Balaban J connectivity index is 1.51. The molecule has 1 aliphatic heterocycles. The topological polar surface area (TPSA) is 75.4 Å². The zero-order valence-electron chi connectivity index (χ0n) is 15.7. The van der Waals surface area contributed by atoms with Crippen LogP contribution in [0.2, 0.25) is 0 Å². The molecule has 0 spiro atoms. The third-order valence-electron chi connectivity index (χ3n) is 4.93. The molecule has 28 heavy (non-hydrogen) atoms. The first-order valence-corrected chi connectivity index (χ1v) is 9.09. The van der Waals surface area contributed by atoms with E-state index in [0.717, 1.165) is 0 Å². The fraction of sp³-hybridized carbons (Fsp3) is 0.300. The van der Waals surface area contributed by atoms with Crippen molar-refractivity contribution in [3.63, 3.8) is 0 Å². The third kappa shape index (κ3) is 3.21. The molecular formula is C20H20FN5O2. The number of benzene rings is 1. The molecule has 1 saturated heterocycles. The number of hydrogen-bond donors (Lipinski definition) is 0. The van der Waals surface area contributed by atoms with Crippen molar-refractivity contribution in [2.45, 2.75) is 13.8 Å². The van der Waals surface area contributed by atoms with Crippen LogP contribution >= 0.6 is 0 Å². The molecular weight excluding hydrogens is 361 g/mol. The van der Waals surface area contributed by atoms with Crippen molar-refractivity contribution in [2.75, 3.05) is 31.1 Å². The van der Waals surface area contributed by atoms with Crippen LogP contribution in [0.25, 0.3) is 11.3 Å². The highest BCUT2D eigenvalue weighted by atomic mass is 19.1. The molecule has 7 nitrogen and oxygen atoms in total. The molecule has 1 fully saturated rings. The number of rotatable bonds is 3. The van der Waals surface area contributed by atoms with Gasteiger partial charge in [0.05, 0.1) is 5.69 Å². The first kappa shape index (κ1) is 18.1. The Morgan fingerprint density at radius 1 is 1.07 bits per heavy atom. The van der Waals surface area contributed by atoms with Gasteiger partial charge >= 0.3 is 0 Å². The van der Waals surface area contributed by atoms with Crippen molar-refractivity contribution >= 4 is 11.7 Å². The predicted octanol–water partition coefficient (Wildman–Crippen LogP) is 2.85. The molecule has 4 rings (SSSR count). The number of anilines is 1. The van der Waals surface area contributed by atoms with Crippen LogP contribution in [-0.4, -0.2) is 52.1 Å². The molecule has 144 valence electrons. The molecule has 0 saturated carbocycles. The minimum atomic E-state index is -0.445. The Bertz CT molecular complexity index is 978. The second-order valence-corrected chi connectivity index (χ2v) is 6.70. The Kier molecular flexibility index (Phi) is 4.77. The van der Waals surface area contributed by atoms with Crippen LogP contribution in [0.4, 0.5) is 10.2 Å².